The highest BCUT2D eigenvalue weighted by Gasteiger charge is 2.47. The molecule has 5 heteroatoms. The molecule has 0 aromatic heterocycles. The molecule has 2 aliphatic heterocycles. The molecule has 0 radical (unpaired) electrons. The van der Waals surface area contributed by atoms with Crippen LogP contribution in [0, 0.1) is 11.8 Å². The van der Waals surface area contributed by atoms with Gasteiger partial charge in [0.1, 0.15) is 8.07 Å². The molecule has 6 aliphatic rings. The first-order chi connectivity index (χ1) is 22.4. The molecule has 47 heavy (non-hydrogen) atoms. The fourth-order valence-corrected chi connectivity index (χ4v) is 15.1. The van der Waals surface area contributed by atoms with Crippen LogP contribution in [0.1, 0.15) is 41.5 Å². The molecule has 2 aromatic rings. The summed E-state index contributed by atoms with van der Waals surface area (Å²) in [4.78, 5) is 4.96. The van der Waals surface area contributed by atoms with E-state index in [9.17, 15) is 0 Å². The van der Waals surface area contributed by atoms with Crippen LogP contribution in [0.3, 0.4) is 0 Å². The van der Waals surface area contributed by atoms with Crippen molar-refractivity contribution in [2.24, 2.45) is 11.8 Å². The van der Waals surface area contributed by atoms with E-state index < -0.39 is 8.07 Å². The van der Waals surface area contributed by atoms with E-state index in [0.29, 0.717) is 0 Å². The third-order valence-corrected chi connectivity index (χ3v) is 16.9. The van der Waals surface area contributed by atoms with Gasteiger partial charge in [0.25, 0.3) is 0 Å². The van der Waals surface area contributed by atoms with E-state index >= 15 is 0 Å². The zero-order valence-corrected chi connectivity index (χ0v) is 32.6. The number of fused-ring (bicyclic) bond motifs is 4. The van der Waals surface area contributed by atoms with E-state index in [-0.39, 0.29) is 11.8 Å². The lowest BCUT2D eigenvalue weighted by Crippen LogP contribution is -2.35. The number of hydrogen-bond donors (Lipinski definition) is 0. The number of nitrogens with zero attached hydrogens (tertiary/aromatic N) is 2. The van der Waals surface area contributed by atoms with E-state index in [2.05, 4.69) is 181 Å². The van der Waals surface area contributed by atoms with E-state index in [0.717, 1.165) is 0 Å². The summed E-state index contributed by atoms with van der Waals surface area (Å²) in [5, 5.41) is 3.10. The number of halogens is 2. The van der Waals surface area contributed by atoms with E-state index in [4.69, 9.17) is 0 Å². The molecule has 0 spiro atoms. The van der Waals surface area contributed by atoms with Crippen LogP contribution in [0.4, 0.5) is 11.4 Å². The van der Waals surface area contributed by atoms with E-state index in [1.165, 1.54) is 87.7 Å². The fourth-order valence-electron chi connectivity index (χ4n) is 9.15. The number of para-hydroxylation sites is 2. The first kappa shape index (κ1) is 30.9. The van der Waals surface area contributed by atoms with Gasteiger partial charge in [0, 0.05) is 43.1 Å². The Morgan fingerprint density at radius 3 is 1.23 bits per heavy atom. The predicted octanol–water partition coefficient (Wildman–Crippen LogP) is 12.2. The molecular formula is C42H40Br2N2Si. The van der Waals surface area contributed by atoms with Crippen molar-refractivity contribution in [2.45, 2.75) is 54.6 Å². The molecule has 236 valence electrons. The van der Waals surface area contributed by atoms with Gasteiger partial charge in [0.05, 0.1) is 11.8 Å². The van der Waals surface area contributed by atoms with Crippen LogP contribution in [-0.2, 0) is 0 Å². The second kappa shape index (κ2) is 10.8. The third-order valence-electron chi connectivity index (χ3n) is 11.3. The summed E-state index contributed by atoms with van der Waals surface area (Å²) < 4.78 is 2.59. The average Bonchev–Trinajstić information content (AvgIpc) is 3.73. The Hall–Kier alpha value is -3.38. The maximum Gasteiger partial charge on any atom is 0.114 e. The van der Waals surface area contributed by atoms with Gasteiger partial charge in [0.2, 0.25) is 0 Å². The van der Waals surface area contributed by atoms with Crippen molar-refractivity contribution in [1.29, 1.82) is 0 Å². The van der Waals surface area contributed by atoms with Crippen molar-refractivity contribution in [3.8, 4) is 0 Å². The zero-order valence-electron chi connectivity index (χ0n) is 28.4. The number of allylic oxidation sites excluding steroid dienone is 16. The Morgan fingerprint density at radius 1 is 0.511 bits per heavy atom. The lowest BCUT2D eigenvalue weighted by molar-refractivity contribution is 0.885. The van der Waals surface area contributed by atoms with Crippen LogP contribution in [0.25, 0.3) is 0 Å². The van der Waals surface area contributed by atoms with E-state index in [1.807, 2.05) is 0 Å². The quantitative estimate of drug-likeness (QED) is 0.286. The van der Waals surface area contributed by atoms with Gasteiger partial charge >= 0.3 is 0 Å². The second-order valence-corrected chi connectivity index (χ2v) is 20.2. The second-order valence-electron chi connectivity index (χ2n) is 14.3. The van der Waals surface area contributed by atoms with Crippen molar-refractivity contribution in [2.75, 3.05) is 9.80 Å². The fraction of sp³-hybridized carbons (Fsp3) is 0.238. The maximum atomic E-state index is 4.18. The molecule has 0 saturated carbocycles. The smallest absolute Gasteiger partial charge is 0.114 e. The summed E-state index contributed by atoms with van der Waals surface area (Å²) in [6, 6.07) is 21.7. The Balaban J connectivity index is 1.31. The Morgan fingerprint density at radius 2 is 0.872 bits per heavy atom. The molecule has 2 aromatic carbocycles. The van der Waals surface area contributed by atoms with Crippen molar-refractivity contribution < 1.29 is 0 Å². The first-order valence-electron chi connectivity index (χ1n) is 16.6. The average molecular weight is 761 g/mol. The van der Waals surface area contributed by atoms with Crippen molar-refractivity contribution in [3.63, 3.8) is 0 Å². The molecule has 2 unspecified atom stereocenters. The standard InChI is InChI=1S/C42H40Br2N2Si/c1-23-19-31-33(21-35-37(39(31)43)25(3)27(5)45(35)29-15-11-9-12-16-29)41(23)47(7,8)42-24(2)20-32-34(42)22-36-38(40(32)44)26(4)28(6)46(36)30-17-13-10-14-18-30/h9-22,37-38H,1-8H3. The minimum atomic E-state index is -2.24. The zero-order chi connectivity index (χ0) is 33.1. The molecule has 4 aliphatic carbocycles. The molecule has 0 saturated heterocycles. The number of rotatable bonds is 4. The van der Waals surface area contributed by atoms with Gasteiger partial charge in [-0.1, -0.05) is 105 Å². The van der Waals surface area contributed by atoms with Gasteiger partial charge in [-0.3, -0.25) is 0 Å². The van der Waals surface area contributed by atoms with Crippen LogP contribution in [-0.4, -0.2) is 8.07 Å². The Labute approximate surface area is 297 Å². The minimum absolute atomic E-state index is 0.244. The molecule has 0 bridgehead atoms. The van der Waals surface area contributed by atoms with Gasteiger partial charge in [-0.2, -0.15) is 0 Å². The van der Waals surface area contributed by atoms with Crippen LogP contribution in [0.5, 0.6) is 0 Å². The van der Waals surface area contributed by atoms with Crippen molar-refractivity contribution >= 4 is 51.3 Å². The topological polar surface area (TPSA) is 6.48 Å². The van der Waals surface area contributed by atoms with Crippen LogP contribution < -0.4 is 9.80 Å². The van der Waals surface area contributed by atoms with Gasteiger partial charge in [-0.05, 0) is 122 Å². The van der Waals surface area contributed by atoms with Crippen LogP contribution in [0.15, 0.2) is 172 Å². The highest BCUT2D eigenvalue weighted by molar-refractivity contribution is 9.12. The van der Waals surface area contributed by atoms with Gasteiger partial charge in [0.15, 0.2) is 0 Å². The largest absolute Gasteiger partial charge is 0.317 e. The van der Waals surface area contributed by atoms with Gasteiger partial charge in [-0.25, -0.2) is 0 Å². The number of benzene rings is 2. The highest BCUT2D eigenvalue weighted by atomic mass is 79.9. The third kappa shape index (κ3) is 4.25. The number of anilines is 2. The summed E-state index contributed by atoms with van der Waals surface area (Å²) in [7, 11) is -2.24. The number of hydrogen-bond acceptors (Lipinski definition) is 2. The summed E-state index contributed by atoms with van der Waals surface area (Å²) in [5.74, 6) is 0.487. The highest BCUT2D eigenvalue weighted by Crippen LogP contribution is 2.57. The monoisotopic (exact) mass is 758 g/mol. The lowest BCUT2D eigenvalue weighted by Gasteiger charge is -2.34. The molecule has 0 amide bonds. The molecule has 8 rings (SSSR count). The molecule has 2 nitrogen and oxygen atoms in total. The molecule has 0 fully saturated rings. The Bertz CT molecular complexity index is 1980. The van der Waals surface area contributed by atoms with Crippen molar-refractivity contribution in [3.05, 3.63) is 172 Å². The molecule has 2 atom stereocenters. The Kier molecular flexibility index (Phi) is 7.11. The minimum Gasteiger partial charge on any atom is -0.317 e. The normalized spacial score (nSPS) is 23.9. The van der Waals surface area contributed by atoms with Crippen LogP contribution >= 0.6 is 31.9 Å². The molecular weight excluding hydrogens is 720 g/mol. The SMILES string of the molecule is CC1=CC2=C(Br)C3C(=CC2=C1[Si](C)(C)C1=C2C=C4C(C(C)=C(C)N4c4ccccc4)C(Br)=C2C=C1C)N(c1ccccc1)C(C)=C3C. The summed E-state index contributed by atoms with van der Waals surface area (Å²) >= 11 is 8.36. The molecule has 2 heterocycles. The van der Waals surface area contributed by atoms with Gasteiger partial charge in [-0.15, -0.1) is 0 Å². The first-order valence-corrected chi connectivity index (χ1v) is 21.2. The van der Waals surface area contributed by atoms with Gasteiger partial charge < -0.3 is 9.80 Å². The summed E-state index contributed by atoms with van der Waals surface area (Å²) in [6.07, 6.45) is 9.97. The summed E-state index contributed by atoms with van der Waals surface area (Å²) in [5.41, 5.74) is 19.0. The summed E-state index contributed by atoms with van der Waals surface area (Å²) in [6.45, 7) is 19.0. The molecule has 0 N–H and O–H groups in total. The van der Waals surface area contributed by atoms with Crippen LogP contribution in [0.2, 0.25) is 13.1 Å². The maximum absolute atomic E-state index is 4.18. The lowest BCUT2D eigenvalue weighted by atomic mass is 9.88. The predicted molar refractivity (Wildman–Crippen MR) is 209 cm³/mol. The van der Waals surface area contributed by atoms with Crippen molar-refractivity contribution in [1.82, 2.24) is 0 Å². The van der Waals surface area contributed by atoms with E-state index in [1.54, 1.807) is 10.4 Å².